The summed E-state index contributed by atoms with van der Waals surface area (Å²) in [6.45, 7) is 4.17. The fourth-order valence-electron chi connectivity index (χ4n) is 2.54. The van der Waals surface area contributed by atoms with Crippen LogP contribution in [0.1, 0.15) is 26.7 Å². The predicted molar refractivity (Wildman–Crippen MR) is 88.5 cm³/mol. The Labute approximate surface area is 142 Å². The van der Waals surface area contributed by atoms with Crippen molar-refractivity contribution in [1.82, 2.24) is 10.0 Å². The Bertz CT molecular complexity index is 648. The fraction of sp³-hybridized carbons (Fsp3) is 0.562. The Morgan fingerprint density at radius 2 is 2.00 bits per heavy atom. The highest BCUT2D eigenvalue weighted by atomic mass is 32.2. The molecule has 1 aliphatic rings. The van der Waals surface area contributed by atoms with Crippen molar-refractivity contribution in [3.05, 3.63) is 30.3 Å². The van der Waals surface area contributed by atoms with Crippen molar-refractivity contribution in [1.29, 1.82) is 0 Å². The summed E-state index contributed by atoms with van der Waals surface area (Å²) in [5.41, 5.74) is 0. The number of aliphatic hydroxyl groups excluding tert-OH is 1. The van der Waals surface area contributed by atoms with Crippen LogP contribution in [0.5, 0.6) is 0 Å². The summed E-state index contributed by atoms with van der Waals surface area (Å²) in [5.74, 6) is -0.346. The molecule has 0 radical (unpaired) electrons. The zero-order valence-corrected chi connectivity index (χ0v) is 14.6. The number of aliphatic hydroxyl groups is 1. The molecule has 1 aliphatic heterocycles. The van der Waals surface area contributed by atoms with Crippen molar-refractivity contribution in [2.24, 2.45) is 5.92 Å². The number of benzene rings is 1. The standard InChI is InChI=1S/C16H24N2O5S/c1-11(2)10-14(15(19)17-13-8-9-23-16(13)20)18-24(21,22)12-6-4-3-5-7-12/h3-7,11,13-14,16,18,20H,8-10H2,1-2H3,(H,17,19)/t13-,14?,16?/m0/s1. The van der Waals surface area contributed by atoms with Gasteiger partial charge in [0.05, 0.1) is 17.5 Å². The molecule has 0 bridgehead atoms. The number of carbonyl (C=O) groups is 1. The van der Waals surface area contributed by atoms with Crippen LogP contribution in [-0.2, 0) is 19.6 Å². The second-order valence-corrected chi connectivity index (χ2v) is 8.00. The van der Waals surface area contributed by atoms with Gasteiger partial charge in [-0.25, -0.2) is 8.42 Å². The SMILES string of the molecule is CC(C)CC(NS(=O)(=O)c1ccccc1)C(=O)N[C@H]1CCOC1O. The molecule has 1 fully saturated rings. The van der Waals surface area contributed by atoms with Crippen LogP contribution in [0.2, 0.25) is 0 Å². The number of carbonyl (C=O) groups excluding carboxylic acids is 1. The van der Waals surface area contributed by atoms with E-state index >= 15 is 0 Å². The lowest BCUT2D eigenvalue weighted by Crippen LogP contribution is -2.51. The number of nitrogens with one attached hydrogen (secondary N) is 2. The van der Waals surface area contributed by atoms with E-state index in [4.69, 9.17) is 4.74 Å². The van der Waals surface area contributed by atoms with Crippen LogP contribution >= 0.6 is 0 Å². The third kappa shape index (κ3) is 5.01. The smallest absolute Gasteiger partial charge is 0.241 e. The molecule has 1 heterocycles. The third-order valence-corrected chi connectivity index (χ3v) is 5.25. The zero-order chi connectivity index (χ0) is 17.7. The molecule has 1 saturated heterocycles. The molecule has 134 valence electrons. The van der Waals surface area contributed by atoms with Gasteiger partial charge in [0.2, 0.25) is 15.9 Å². The van der Waals surface area contributed by atoms with Gasteiger partial charge < -0.3 is 15.2 Å². The first-order valence-corrected chi connectivity index (χ1v) is 9.45. The van der Waals surface area contributed by atoms with E-state index in [0.717, 1.165) is 0 Å². The molecule has 24 heavy (non-hydrogen) atoms. The van der Waals surface area contributed by atoms with Crippen molar-refractivity contribution in [2.75, 3.05) is 6.61 Å². The molecule has 0 aromatic heterocycles. The van der Waals surface area contributed by atoms with Crippen molar-refractivity contribution < 1.29 is 23.1 Å². The van der Waals surface area contributed by atoms with E-state index < -0.39 is 34.3 Å². The van der Waals surface area contributed by atoms with E-state index in [1.807, 2.05) is 13.8 Å². The van der Waals surface area contributed by atoms with Gasteiger partial charge in [-0.15, -0.1) is 0 Å². The van der Waals surface area contributed by atoms with Gasteiger partial charge in [-0.1, -0.05) is 32.0 Å². The minimum Gasteiger partial charge on any atom is -0.366 e. The average molecular weight is 356 g/mol. The topological polar surface area (TPSA) is 105 Å². The van der Waals surface area contributed by atoms with Gasteiger partial charge in [0.25, 0.3) is 0 Å². The fourth-order valence-corrected chi connectivity index (χ4v) is 3.77. The molecule has 3 atom stereocenters. The summed E-state index contributed by atoms with van der Waals surface area (Å²) < 4.78 is 32.4. The first kappa shape index (κ1) is 18.9. The first-order valence-electron chi connectivity index (χ1n) is 7.97. The van der Waals surface area contributed by atoms with Crippen LogP contribution in [0, 0.1) is 5.92 Å². The summed E-state index contributed by atoms with van der Waals surface area (Å²) in [7, 11) is -3.80. The molecule has 0 spiro atoms. The van der Waals surface area contributed by atoms with Crippen molar-refractivity contribution in [3.63, 3.8) is 0 Å². The summed E-state index contributed by atoms with van der Waals surface area (Å²) in [5, 5.41) is 12.3. The molecular formula is C16H24N2O5S. The van der Waals surface area contributed by atoms with Crippen LogP contribution in [0.25, 0.3) is 0 Å². The second-order valence-electron chi connectivity index (χ2n) is 6.28. The largest absolute Gasteiger partial charge is 0.366 e. The zero-order valence-electron chi connectivity index (χ0n) is 13.8. The number of amides is 1. The van der Waals surface area contributed by atoms with Crippen LogP contribution < -0.4 is 10.0 Å². The van der Waals surface area contributed by atoms with Gasteiger partial charge in [0.15, 0.2) is 6.29 Å². The van der Waals surface area contributed by atoms with E-state index in [-0.39, 0.29) is 10.8 Å². The minimum absolute atomic E-state index is 0.107. The maximum Gasteiger partial charge on any atom is 0.241 e. The molecule has 8 heteroatoms. The molecule has 2 rings (SSSR count). The van der Waals surface area contributed by atoms with Crippen LogP contribution in [-0.4, -0.2) is 44.4 Å². The maximum atomic E-state index is 12.5. The number of hydrogen-bond acceptors (Lipinski definition) is 5. The van der Waals surface area contributed by atoms with E-state index in [9.17, 15) is 18.3 Å². The molecule has 1 amide bonds. The van der Waals surface area contributed by atoms with Crippen molar-refractivity contribution in [3.8, 4) is 0 Å². The number of hydrogen-bond donors (Lipinski definition) is 3. The lowest BCUT2D eigenvalue weighted by atomic mass is 10.0. The monoisotopic (exact) mass is 356 g/mol. The predicted octanol–water partition coefficient (Wildman–Crippen LogP) is 0.603. The van der Waals surface area contributed by atoms with Gasteiger partial charge >= 0.3 is 0 Å². The Balaban J connectivity index is 2.11. The quantitative estimate of drug-likeness (QED) is 0.664. The minimum atomic E-state index is -3.80. The van der Waals surface area contributed by atoms with Gasteiger partial charge in [0, 0.05) is 0 Å². The highest BCUT2D eigenvalue weighted by Gasteiger charge is 2.32. The number of sulfonamides is 1. The first-order chi connectivity index (χ1) is 11.3. The molecule has 0 aliphatic carbocycles. The summed E-state index contributed by atoms with van der Waals surface area (Å²) >= 11 is 0. The van der Waals surface area contributed by atoms with Gasteiger partial charge in [-0.05, 0) is 30.9 Å². The molecule has 1 aromatic rings. The van der Waals surface area contributed by atoms with Gasteiger partial charge in [0.1, 0.15) is 6.04 Å². The van der Waals surface area contributed by atoms with E-state index in [0.29, 0.717) is 19.4 Å². The van der Waals surface area contributed by atoms with E-state index in [1.54, 1.807) is 18.2 Å². The summed E-state index contributed by atoms with van der Waals surface area (Å²) in [6, 6.07) is 6.48. The molecule has 1 aromatic carbocycles. The lowest BCUT2D eigenvalue weighted by Gasteiger charge is -2.23. The molecule has 7 nitrogen and oxygen atoms in total. The molecule has 0 saturated carbocycles. The normalized spacial score (nSPS) is 22.5. The van der Waals surface area contributed by atoms with Crippen LogP contribution in [0.15, 0.2) is 35.2 Å². The maximum absolute atomic E-state index is 12.5. The van der Waals surface area contributed by atoms with Crippen molar-refractivity contribution in [2.45, 2.75) is 50.0 Å². The van der Waals surface area contributed by atoms with Crippen molar-refractivity contribution >= 4 is 15.9 Å². The van der Waals surface area contributed by atoms with Crippen LogP contribution in [0.4, 0.5) is 0 Å². The Morgan fingerprint density at radius 1 is 1.33 bits per heavy atom. The Morgan fingerprint density at radius 3 is 2.54 bits per heavy atom. The highest BCUT2D eigenvalue weighted by molar-refractivity contribution is 7.89. The summed E-state index contributed by atoms with van der Waals surface area (Å²) in [6.07, 6.45) is -0.215. The van der Waals surface area contributed by atoms with Gasteiger partial charge in [-0.2, -0.15) is 4.72 Å². The van der Waals surface area contributed by atoms with E-state index in [1.165, 1.54) is 12.1 Å². The Kier molecular flexibility index (Phi) is 6.34. The number of rotatable bonds is 7. The second kappa shape index (κ2) is 8.06. The third-order valence-electron chi connectivity index (χ3n) is 3.76. The van der Waals surface area contributed by atoms with Crippen LogP contribution in [0.3, 0.4) is 0 Å². The average Bonchev–Trinajstić information content (AvgIpc) is 2.92. The number of ether oxygens (including phenoxy) is 1. The molecule has 2 unspecified atom stereocenters. The molecule has 3 N–H and O–H groups in total. The molecular weight excluding hydrogens is 332 g/mol. The lowest BCUT2D eigenvalue weighted by molar-refractivity contribution is -0.127. The summed E-state index contributed by atoms with van der Waals surface area (Å²) in [4.78, 5) is 12.6. The van der Waals surface area contributed by atoms with Gasteiger partial charge in [-0.3, -0.25) is 4.79 Å². The highest BCUT2D eigenvalue weighted by Crippen LogP contribution is 2.14. The van der Waals surface area contributed by atoms with E-state index in [2.05, 4.69) is 10.0 Å². The Hall–Kier alpha value is -1.48.